The predicted octanol–water partition coefficient (Wildman–Crippen LogP) is 2.46. The molecule has 0 aromatic heterocycles. The molecule has 1 aromatic carbocycles. The van der Waals surface area contributed by atoms with Crippen molar-refractivity contribution in [2.24, 2.45) is 16.6 Å². The van der Waals surface area contributed by atoms with Crippen molar-refractivity contribution in [2.75, 3.05) is 33.4 Å². The Morgan fingerprint density at radius 3 is 2.48 bits per heavy atom. The standard InChI is InChI=1S/C19H31FN4O2.HI/c1-3-4-11-26-12-5-10-23-19(22-2)24-14-16(18(21)25)13-15-6-8-17(20)9-7-15;/h6-9,16H,3-5,10-14H2,1-2H3,(H2,21,25)(H2,22,23,24);1H. The zero-order chi connectivity index (χ0) is 19.2. The molecule has 0 heterocycles. The molecule has 0 aliphatic heterocycles. The van der Waals surface area contributed by atoms with Crippen LogP contribution in [0, 0.1) is 11.7 Å². The molecule has 27 heavy (non-hydrogen) atoms. The maximum absolute atomic E-state index is 13.0. The summed E-state index contributed by atoms with van der Waals surface area (Å²) in [6, 6.07) is 6.08. The number of hydrogen-bond acceptors (Lipinski definition) is 3. The van der Waals surface area contributed by atoms with E-state index in [0.29, 0.717) is 25.5 Å². The Morgan fingerprint density at radius 1 is 1.22 bits per heavy atom. The molecule has 4 N–H and O–H groups in total. The molecule has 1 unspecified atom stereocenters. The molecule has 1 rings (SSSR count). The number of nitrogens with one attached hydrogen (secondary N) is 2. The molecule has 0 bridgehead atoms. The third kappa shape index (κ3) is 11.8. The fourth-order valence-corrected chi connectivity index (χ4v) is 2.35. The maximum Gasteiger partial charge on any atom is 0.222 e. The van der Waals surface area contributed by atoms with Gasteiger partial charge in [0.15, 0.2) is 5.96 Å². The Morgan fingerprint density at radius 2 is 1.89 bits per heavy atom. The van der Waals surface area contributed by atoms with E-state index in [1.54, 1.807) is 19.2 Å². The van der Waals surface area contributed by atoms with Crippen LogP contribution in [0.5, 0.6) is 0 Å². The van der Waals surface area contributed by atoms with E-state index in [4.69, 9.17) is 10.5 Å². The first kappa shape index (κ1) is 25.6. The average Bonchev–Trinajstić information content (AvgIpc) is 2.63. The number of primary amides is 1. The molecular formula is C19H32FIN4O2. The van der Waals surface area contributed by atoms with Crippen LogP contribution in [-0.2, 0) is 16.0 Å². The molecule has 1 atom stereocenters. The number of benzene rings is 1. The van der Waals surface area contributed by atoms with Crippen LogP contribution in [0.25, 0.3) is 0 Å². The third-order valence-corrected chi connectivity index (χ3v) is 3.94. The van der Waals surface area contributed by atoms with Gasteiger partial charge in [0.1, 0.15) is 5.82 Å². The molecule has 0 saturated heterocycles. The summed E-state index contributed by atoms with van der Waals surface area (Å²) in [4.78, 5) is 15.8. The fourth-order valence-electron chi connectivity index (χ4n) is 2.35. The van der Waals surface area contributed by atoms with Gasteiger partial charge in [-0.3, -0.25) is 9.79 Å². The monoisotopic (exact) mass is 494 g/mol. The Bertz CT molecular complexity index is 555. The number of guanidine groups is 1. The highest BCUT2D eigenvalue weighted by Gasteiger charge is 2.16. The second-order valence-corrected chi connectivity index (χ2v) is 6.13. The van der Waals surface area contributed by atoms with Gasteiger partial charge in [-0.25, -0.2) is 4.39 Å². The number of ether oxygens (including phenoxy) is 1. The van der Waals surface area contributed by atoms with Gasteiger partial charge in [0, 0.05) is 33.4 Å². The van der Waals surface area contributed by atoms with Crippen molar-refractivity contribution in [3.05, 3.63) is 35.6 Å². The Labute approximate surface area is 178 Å². The molecule has 6 nitrogen and oxygen atoms in total. The van der Waals surface area contributed by atoms with Crippen LogP contribution < -0.4 is 16.4 Å². The molecular weight excluding hydrogens is 462 g/mol. The highest BCUT2D eigenvalue weighted by atomic mass is 127. The molecule has 154 valence electrons. The minimum atomic E-state index is -0.406. The van der Waals surface area contributed by atoms with E-state index in [0.717, 1.165) is 38.0 Å². The van der Waals surface area contributed by atoms with Crippen LogP contribution >= 0.6 is 24.0 Å². The number of carbonyl (C=O) groups is 1. The summed E-state index contributed by atoms with van der Waals surface area (Å²) in [6.07, 6.45) is 3.54. The molecule has 8 heteroatoms. The van der Waals surface area contributed by atoms with Gasteiger partial charge in [-0.2, -0.15) is 0 Å². The Hall–Kier alpha value is -1.42. The lowest BCUT2D eigenvalue weighted by molar-refractivity contribution is -0.121. The molecule has 0 radical (unpaired) electrons. The van der Waals surface area contributed by atoms with Crippen LogP contribution in [0.4, 0.5) is 4.39 Å². The SMILES string of the molecule is CCCCOCCCNC(=NC)NCC(Cc1ccc(F)cc1)C(N)=O.I. The molecule has 0 spiro atoms. The highest BCUT2D eigenvalue weighted by molar-refractivity contribution is 14.0. The quantitative estimate of drug-likeness (QED) is 0.180. The summed E-state index contributed by atoms with van der Waals surface area (Å²) in [7, 11) is 1.67. The summed E-state index contributed by atoms with van der Waals surface area (Å²) in [5.41, 5.74) is 6.36. The van der Waals surface area contributed by atoms with Gasteiger partial charge in [0.05, 0.1) is 5.92 Å². The number of unbranched alkanes of at least 4 members (excludes halogenated alkanes) is 1. The Kier molecular flexibility index (Phi) is 14.8. The maximum atomic E-state index is 13.0. The lowest BCUT2D eigenvalue weighted by Crippen LogP contribution is -2.43. The zero-order valence-corrected chi connectivity index (χ0v) is 18.5. The second-order valence-electron chi connectivity index (χ2n) is 6.13. The van der Waals surface area contributed by atoms with Gasteiger partial charge in [-0.1, -0.05) is 25.5 Å². The van der Waals surface area contributed by atoms with Crippen molar-refractivity contribution < 1.29 is 13.9 Å². The lowest BCUT2D eigenvalue weighted by atomic mass is 9.98. The topological polar surface area (TPSA) is 88.7 Å². The molecule has 1 amide bonds. The molecule has 0 aliphatic carbocycles. The molecule has 1 aromatic rings. The van der Waals surface area contributed by atoms with Crippen LogP contribution in [-0.4, -0.2) is 45.2 Å². The number of amides is 1. The van der Waals surface area contributed by atoms with E-state index in [2.05, 4.69) is 22.5 Å². The number of hydrogen-bond donors (Lipinski definition) is 3. The van der Waals surface area contributed by atoms with Gasteiger partial charge < -0.3 is 21.1 Å². The van der Waals surface area contributed by atoms with E-state index in [9.17, 15) is 9.18 Å². The summed E-state index contributed by atoms with van der Waals surface area (Å²) in [5.74, 6) is -0.493. The molecule has 0 aliphatic rings. The van der Waals surface area contributed by atoms with Gasteiger partial charge >= 0.3 is 0 Å². The lowest BCUT2D eigenvalue weighted by Gasteiger charge is -2.17. The largest absolute Gasteiger partial charge is 0.381 e. The number of nitrogens with zero attached hydrogens (tertiary/aromatic N) is 1. The van der Waals surface area contributed by atoms with E-state index in [1.807, 2.05) is 0 Å². The van der Waals surface area contributed by atoms with Gasteiger partial charge in [-0.15, -0.1) is 24.0 Å². The van der Waals surface area contributed by atoms with Crippen molar-refractivity contribution in [2.45, 2.75) is 32.6 Å². The van der Waals surface area contributed by atoms with Crippen LogP contribution in [0.1, 0.15) is 31.7 Å². The first-order valence-electron chi connectivity index (χ1n) is 9.12. The average molecular weight is 494 g/mol. The van der Waals surface area contributed by atoms with E-state index >= 15 is 0 Å². The first-order valence-corrected chi connectivity index (χ1v) is 9.12. The summed E-state index contributed by atoms with van der Waals surface area (Å²) >= 11 is 0. The number of nitrogens with two attached hydrogens (primary N) is 1. The van der Waals surface area contributed by atoms with Crippen molar-refractivity contribution in [3.8, 4) is 0 Å². The number of carbonyl (C=O) groups excluding carboxylic acids is 1. The molecule has 0 saturated carbocycles. The predicted molar refractivity (Wildman–Crippen MR) is 118 cm³/mol. The van der Waals surface area contributed by atoms with E-state index in [1.165, 1.54) is 12.1 Å². The van der Waals surface area contributed by atoms with Gasteiger partial charge in [0.25, 0.3) is 0 Å². The van der Waals surface area contributed by atoms with Gasteiger partial charge in [-0.05, 0) is 37.0 Å². The van der Waals surface area contributed by atoms with Crippen molar-refractivity contribution in [3.63, 3.8) is 0 Å². The van der Waals surface area contributed by atoms with E-state index in [-0.39, 0.29) is 29.8 Å². The number of halogens is 2. The van der Waals surface area contributed by atoms with Crippen molar-refractivity contribution in [1.82, 2.24) is 10.6 Å². The highest BCUT2D eigenvalue weighted by Crippen LogP contribution is 2.09. The second kappa shape index (κ2) is 15.6. The third-order valence-electron chi connectivity index (χ3n) is 3.94. The van der Waals surface area contributed by atoms with Crippen molar-refractivity contribution in [1.29, 1.82) is 0 Å². The summed E-state index contributed by atoms with van der Waals surface area (Å²) in [6.45, 7) is 4.73. The first-order chi connectivity index (χ1) is 12.6. The van der Waals surface area contributed by atoms with Crippen molar-refractivity contribution >= 4 is 35.8 Å². The van der Waals surface area contributed by atoms with Crippen LogP contribution in [0.15, 0.2) is 29.3 Å². The fraction of sp³-hybridized carbons (Fsp3) is 0.579. The van der Waals surface area contributed by atoms with E-state index < -0.39 is 11.8 Å². The van der Waals surface area contributed by atoms with Crippen LogP contribution in [0.2, 0.25) is 0 Å². The number of rotatable bonds is 12. The number of aliphatic imine (C=N–C) groups is 1. The minimum absolute atomic E-state index is 0. The van der Waals surface area contributed by atoms with Gasteiger partial charge in [0.2, 0.25) is 5.91 Å². The summed E-state index contributed by atoms with van der Waals surface area (Å²) < 4.78 is 18.5. The zero-order valence-electron chi connectivity index (χ0n) is 16.2. The smallest absolute Gasteiger partial charge is 0.222 e. The molecule has 0 fully saturated rings. The minimum Gasteiger partial charge on any atom is -0.381 e. The normalized spacial score (nSPS) is 12.2. The van der Waals surface area contributed by atoms with Crippen LogP contribution in [0.3, 0.4) is 0 Å². The Balaban J connectivity index is 0.00000676. The summed E-state index contributed by atoms with van der Waals surface area (Å²) in [5, 5.41) is 6.30.